The number of carbonyl (C=O) groups excluding carboxylic acids is 1. The summed E-state index contributed by atoms with van der Waals surface area (Å²) in [7, 11) is 0. The number of hydrogen-bond donors (Lipinski definition) is 3. The van der Waals surface area contributed by atoms with E-state index >= 15 is 8.78 Å². The van der Waals surface area contributed by atoms with E-state index in [0.717, 1.165) is 10.9 Å². The summed E-state index contributed by atoms with van der Waals surface area (Å²) in [4.78, 5) is 28.7. The van der Waals surface area contributed by atoms with Crippen molar-refractivity contribution >= 4 is 39.8 Å². The number of amides is 1. The molecule has 0 spiro atoms. The molecule has 2 aromatic heterocycles. The van der Waals surface area contributed by atoms with Crippen LogP contribution in [0.25, 0.3) is 22.0 Å². The third-order valence-electron chi connectivity index (χ3n) is 6.74. The van der Waals surface area contributed by atoms with E-state index < -0.39 is 17.2 Å². The van der Waals surface area contributed by atoms with Crippen LogP contribution < -0.4 is 15.5 Å². The lowest BCUT2D eigenvalue weighted by molar-refractivity contribution is -0.111. The van der Waals surface area contributed by atoms with Crippen LogP contribution in [0.3, 0.4) is 0 Å². The summed E-state index contributed by atoms with van der Waals surface area (Å²) < 4.78 is 30.4. The van der Waals surface area contributed by atoms with Crippen molar-refractivity contribution in [2.75, 3.05) is 48.3 Å². The second kappa shape index (κ2) is 11.6. The second-order valence-electron chi connectivity index (χ2n) is 10.6. The smallest absolute Gasteiger partial charge is 0.247 e. The van der Waals surface area contributed by atoms with E-state index in [2.05, 4.69) is 37.1 Å². The van der Waals surface area contributed by atoms with Crippen molar-refractivity contribution in [2.45, 2.75) is 19.4 Å². The predicted molar refractivity (Wildman–Crippen MR) is 156 cm³/mol. The predicted octanol–water partition coefficient (Wildman–Crippen LogP) is 4.73. The fourth-order valence-corrected chi connectivity index (χ4v) is 4.89. The van der Waals surface area contributed by atoms with E-state index in [4.69, 9.17) is 0 Å². The molecule has 9 nitrogen and oxygen atoms in total. The van der Waals surface area contributed by atoms with Crippen LogP contribution in [0.5, 0.6) is 0 Å². The first-order chi connectivity index (χ1) is 19.6. The molecule has 0 aliphatic carbocycles. The van der Waals surface area contributed by atoms with Gasteiger partial charge in [-0.1, -0.05) is 24.8 Å². The maximum absolute atomic E-state index is 15.2. The zero-order chi connectivity index (χ0) is 29.1. The molecular formula is C30H31F2N7O2. The van der Waals surface area contributed by atoms with Crippen molar-refractivity contribution in [3.05, 3.63) is 79.3 Å². The minimum Gasteiger partial charge on any atom is -0.389 e. The van der Waals surface area contributed by atoms with Crippen LogP contribution in [0.4, 0.5) is 31.8 Å². The van der Waals surface area contributed by atoms with Gasteiger partial charge >= 0.3 is 0 Å². The van der Waals surface area contributed by atoms with Crippen LogP contribution in [-0.2, 0) is 4.79 Å². The van der Waals surface area contributed by atoms with Gasteiger partial charge in [0.2, 0.25) is 11.9 Å². The normalized spacial score (nSPS) is 14.2. The standard InChI is InChI=1S/C30H31F2N7O2/c1-4-25(40)35-21-14-20(15-33-17-21)22-7-5-6-19-16-34-29(37-28(19)22)36-23-8-9-24(27(32)26(23)31)39-12-10-38(11-13-39)18-30(2,3)41/h4-9,14-17,41H,1,10-13,18H2,2-3H3,(H,35,40)(H,34,36,37). The Hall–Kier alpha value is -4.48. The van der Waals surface area contributed by atoms with Crippen LogP contribution in [-0.4, -0.2) is 69.2 Å². The van der Waals surface area contributed by atoms with Crippen LogP contribution >= 0.6 is 0 Å². The van der Waals surface area contributed by atoms with Gasteiger partial charge in [0.05, 0.1) is 34.4 Å². The molecule has 1 aliphatic heterocycles. The van der Waals surface area contributed by atoms with E-state index in [9.17, 15) is 9.90 Å². The number of pyridine rings is 1. The minimum atomic E-state index is -1.02. The molecule has 3 heterocycles. The molecule has 0 unspecified atom stereocenters. The Kier molecular flexibility index (Phi) is 7.91. The van der Waals surface area contributed by atoms with Gasteiger partial charge in [-0.25, -0.2) is 18.7 Å². The molecule has 41 heavy (non-hydrogen) atoms. The van der Waals surface area contributed by atoms with Crippen LogP contribution in [0.15, 0.2) is 67.6 Å². The van der Waals surface area contributed by atoms with Gasteiger partial charge in [-0.05, 0) is 38.1 Å². The number of piperazine rings is 1. The molecule has 11 heteroatoms. The van der Waals surface area contributed by atoms with Crippen LogP contribution in [0.2, 0.25) is 0 Å². The number of aliphatic hydroxyl groups is 1. The lowest BCUT2D eigenvalue weighted by Crippen LogP contribution is -2.50. The summed E-state index contributed by atoms with van der Waals surface area (Å²) in [6.07, 6.45) is 5.94. The van der Waals surface area contributed by atoms with Gasteiger partial charge in [-0.2, -0.15) is 0 Å². The van der Waals surface area contributed by atoms with E-state index in [0.29, 0.717) is 49.5 Å². The number of fused-ring (bicyclic) bond motifs is 1. The lowest BCUT2D eigenvalue weighted by atomic mass is 10.0. The number of para-hydroxylation sites is 1. The Balaban J connectivity index is 1.37. The van der Waals surface area contributed by atoms with Gasteiger partial charge < -0.3 is 20.6 Å². The number of nitrogens with zero attached hydrogens (tertiary/aromatic N) is 5. The molecule has 0 bridgehead atoms. The zero-order valence-electron chi connectivity index (χ0n) is 22.9. The highest BCUT2D eigenvalue weighted by Gasteiger charge is 2.25. The molecule has 3 N–H and O–H groups in total. The number of carbonyl (C=O) groups is 1. The minimum absolute atomic E-state index is 0.0838. The number of halogens is 2. The molecule has 0 saturated carbocycles. The number of β-amino-alcohol motifs (C(OH)–C–C–N with tert-alkyl or cyclic N) is 1. The molecule has 5 rings (SSSR count). The largest absolute Gasteiger partial charge is 0.389 e. The van der Waals surface area contributed by atoms with E-state index in [1.54, 1.807) is 38.4 Å². The Bertz CT molecular complexity index is 1600. The Morgan fingerprint density at radius 2 is 1.88 bits per heavy atom. The summed E-state index contributed by atoms with van der Waals surface area (Å²) in [6.45, 7) is 9.78. The summed E-state index contributed by atoms with van der Waals surface area (Å²) in [6, 6.07) is 10.3. The van der Waals surface area contributed by atoms with Crippen molar-refractivity contribution in [1.29, 1.82) is 0 Å². The highest BCUT2D eigenvalue weighted by atomic mass is 19.2. The van der Waals surface area contributed by atoms with Crippen molar-refractivity contribution in [3.63, 3.8) is 0 Å². The molecule has 2 aromatic carbocycles. The molecule has 0 atom stereocenters. The third kappa shape index (κ3) is 6.47. The fraction of sp³-hybridized carbons (Fsp3) is 0.267. The SMILES string of the molecule is C=CC(=O)Nc1cncc(-c2cccc3cnc(Nc4ccc(N5CCN(CC(C)(C)O)CC5)c(F)c4F)nc23)c1. The molecule has 4 aromatic rings. The number of hydrogen-bond acceptors (Lipinski definition) is 8. The number of nitrogens with one attached hydrogen (secondary N) is 2. The van der Waals surface area contributed by atoms with Crippen LogP contribution in [0, 0.1) is 11.6 Å². The molecule has 1 saturated heterocycles. The van der Waals surface area contributed by atoms with Crippen LogP contribution in [0.1, 0.15) is 13.8 Å². The number of anilines is 4. The quantitative estimate of drug-likeness (QED) is 0.266. The van der Waals surface area contributed by atoms with E-state index in [1.165, 1.54) is 18.3 Å². The topological polar surface area (TPSA) is 107 Å². The summed E-state index contributed by atoms with van der Waals surface area (Å²) >= 11 is 0. The molecule has 1 amide bonds. The molecule has 0 radical (unpaired) electrons. The van der Waals surface area contributed by atoms with Gasteiger partial charge in [0.25, 0.3) is 0 Å². The Labute approximate surface area is 236 Å². The van der Waals surface area contributed by atoms with Gasteiger partial charge in [0.1, 0.15) is 0 Å². The first kappa shape index (κ1) is 28.1. The molecular weight excluding hydrogens is 528 g/mol. The summed E-state index contributed by atoms with van der Waals surface area (Å²) in [5.41, 5.74) is 1.77. The highest BCUT2D eigenvalue weighted by molar-refractivity contribution is 6.00. The first-order valence-corrected chi connectivity index (χ1v) is 13.2. The Morgan fingerprint density at radius 1 is 1.10 bits per heavy atom. The molecule has 1 aliphatic rings. The highest BCUT2D eigenvalue weighted by Crippen LogP contribution is 2.32. The number of rotatable bonds is 8. The van der Waals surface area contributed by atoms with Gasteiger partial charge in [0.15, 0.2) is 11.6 Å². The third-order valence-corrected chi connectivity index (χ3v) is 6.74. The first-order valence-electron chi connectivity index (χ1n) is 13.2. The maximum atomic E-state index is 15.2. The molecule has 1 fully saturated rings. The average molecular weight is 560 g/mol. The Morgan fingerprint density at radius 3 is 2.61 bits per heavy atom. The van der Waals surface area contributed by atoms with E-state index in [-0.39, 0.29) is 23.2 Å². The lowest BCUT2D eigenvalue weighted by Gasteiger charge is -2.38. The maximum Gasteiger partial charge on any atom is 0.247 e. The summed E-state index contributed by atoms with van der Waals surface area (Å²) in [5, 5.41) is 16.3. The van der Waals surface area contributed by atoms with Gasteiger partial charge in [-0.3, -0.25) is 14.7 Å². The average Bonchev–Trinajstić information content (AvgIpc) is 2.95. The zero-order valence-corrected chi connectivity index (χ0v) is 22.9. The molecule has 212 valence electrons. The van der Waals surface area contributed by atoms with Crippen molar-refractivity contribution in [3.8, 4) is 11.1 Å². The van der Waals surface area contributed by atoms with Crippen molar-refractivity contribution in [1.82, 2.24) is 19.9 Å². The number of aromatic nitrogens is 3. The second-order valence-corrected chi connectivity index (χ2v) is 10.6. The van der Waals surface area contributed by atoms with Gasteiger partial charge in [0, 0.05) is 61.6 Å². The summed E-state index contributed by atoms with van der Waals surface area (Å²) in [5.74, 6) is -2.23. The van der Waals surface area contributed by atoms with Crippen molar-refractivity contribution in [2.24, 2.45) is 0 Å². The fourth-order valence-electron chi connectivity index (χ4n) is 4.89. The van der Waals surface area contributed by atoms with E-state index in [1.807, 2.05) is 23.1 Å². The number of benzene rings is 2. The van der Waals surface area contributed by atoms with Crippen molar-refractivity contribution < 1.29 is 18.7 Å². The van der Waals surface area contributed by atoms with Gasteiger partial charge in [-0.15, -0.1) is 0 Å². The monoisotopic (exact) mass is 559 g/mol.